The molecule has 0 bridgehead atoms. The maximum Gasteiger partial charge on any atom is 0.257 e. The second-order valence-electron chi connectivity index (χ2n) is 5.78. The molecule has 2 fully saturated rings. The zero-order valence-electron chi connectivity index (χ0n) is 11.5. The average molecular weight is 298 g/mol. The number of carbonyl (C=O) groups excluding carboxylic acids is 1. The van der Waals surface area contributed by atoms with Crippen molar-refractivity contribution in [1.82, 2.24) is 9.80 Å². The predicted octanol–water partition coefficient (Wildman–Crippen LogP) is 0.0788. The van der Waals surface area contributed by atoms with Gasteiger partial charge in [-0.05, 0) is 20.2 Å². The van der Waals surface area contributed by atoms with Crippen molar-refractivity contribution in [2.75, 3.05) is 32.9 Å². The van der Waals surface area contributed by atoms with Gasteiger partial charge in [0.05, 0.1) is 22.8 Å². The molecule has 3 atom stereocenters. The Morgan fingerprint density at radius 3 is 2.75 bits per heavy atom. The Hall–Kier alpha value is -1.34. The summed E-state index contributed by atoms with van der Waals surface area (Å²) < 4.78 is 29.4. The molecule has 1 aromatic rings. The Labute approximate surface area is 118 Å². The molecule has 2 saturated heterocycles. The Bertz CT molecular complexity index is 608. The molecule has 20 heavy (non-hydrogen) atoms. The van der Waals surface area contributed by atoms with Crippen molar-refractivity contribution < 1.29 is 17.6 Å². The van der Waals surface area contributed by atoms with Crippen molar-refractivity contribution in [3.63, 3.8) is 0 Å². The fraction of sp³-hybridized carbons (Fsp3) is 0.615. The van der Waals surface area contributed by atoms with Gasteiger partial charge in [0.25, 0.3) is 5.91 Å². The molecular weight excluding hydrogens is 280 g/mol. The van der Waals surface area contributed by atoms with Crippen molar-refractivity contribution >= 4 is 15.7 Å². The lowest BCUT2D eigenvalue weighted by molar-refractivity contribution is 0.0779. The maximum atomic E-state index is 12.3. The number of rotatable bonds is 2. The Balaban J connectivity index is 1.83. The summed E-state index contributed by atoms with van der Waals surface area (Å²) in [5.74, 6) is 0.0509. The van der Waals surface area contributed by atoms with E-state index in [1.807, 2.05) is 19.0 Å². The van der Waals surface area contributed by atoms with Gasteiger partial charge in [-0.15, -0.1) is 0 Å². The third-order valence-electron chi connectivity index (χ3n) is 4.39. The van der Waals surface area contributed by atoms with Crippen molar-refractivity contribution in [3.05, 3.63) is 24.2 Å². The number of fused-ring (bicyclic) bond motifs is 1. The number of hydrogen-bond acceptors (Lipinski definition) is 5. The Morgan fingerprint density at radius 2 is 2.15 bits per heavy atom. The first kappa shape index (κ1) is 13.6. The van der Waals surface area contributed by atoms with Gasteiger partial charge < -0.3 is 14.2 Å². The zero-order valence-corrected chi connectivity index (χ0v) is 12.3. The molecule has 110 valence electrons. The van der Waals surface area contributed by atoms with E-state index in [1.54, 1.807) is 11.0 Å². The first-order valence-electron chi connectivity index (χ1n) is 6.59. The largest absolute Gasteiger partial charge is 0.472 e. The molecule has 0 saturated carbocycles. The van der Waals surface area contributed by atoms with E-state index in [-0.39, 0.29) is 23.6 Å². The van der Waals surface area contributed by atoms with E-state index in [0.717, 1.165) is 0 Å². The monoisotopic (exact) mass is 298 g/mol. The molecule has 0 spiro atoms. The number of carbonyl (C=O) groups is 1. The summed E-state index contributed by atoms with van der Waals surface area (Å²) in [7, 11) is 0.672. The van der Waals surface area contributed by atoms with Crippen molar-refractivity contribution in [1.29, 1.82) is 0 Å². The molecule has 2 aliphatic heterocycles. The fourth-order valence-corrected chi connectivity index (χ4v) is 5.78. The van der Waals surface area contributed by atoms with E-state index < -0.39 is 15.1 Å². The summed E-state index contributed by atoms with van der Waals surface area (Å²) in [6, 6.07) is 1.60. The fourth-order valence-electron chi connectivity index (χ4n) is 3.30. The molecular formula is C13H18N2O4S. The topological polar surface area (TPSA) is 70.8 Å². The van der Waals surface area contributed by atoms with Crippen LogP contribution in [0.4, 0.5) is 0 Å². The minimum Gasteiger partial charge on any atom is -0.472 e. The van der Waals surface area contributed by atoms with E-state index in [2.05, 4.69) is 0 Å². The summed E-state index contributed by atoms with van der Waals surface area (Å²) in [6.07, 6.45) is 2.85. The normalized spacial score (nSPS) is 31.8. The molecule has 1 aromatic heterocycles. The SMILES string of the molecule is CN(C)[C@@H]1CS(=O)(=O)[C@H]2CN(C(=O)c3ccoc3)C[C@@H]12. The van der Waals surface area contributed by atoms with Crippen molar-refractivity contribution in [2.24, 2.45) is 5.92 Å². The van der Waals surface area contributed by atoms with Crippen LogP contribution < -0.4 is 0 Å². The van der Waals surface area contributed by atoms with Gasteiger partial charge in [0.2, 0.25) is 0 Å². The standard InChI is InChI=1S/C13H18N2O4S/c1-14(2)11-8-20(17,18)12-6-15(5-10(11)12)13(16)9-3-4-19-7-9/h3-4,7,10-12H,5-6,8H2,1-2H3/t10-,11+,12-/m0/s1. The second-order valence-corrected chi connectivity index (χ2v) is 8.05. The summed E-state index contributed by atoms with van der Waals surface area (Å²) in [5, 5.41) is -0.425. The van der Waals surface area contributed by atoms with Gasteiger partial charge in [-0.25, -0.2) is 8.42 Å². The van der Waals surface area contributed by atoms with Crippen LogP contribution in [0.25, 0.3) is 0 Å². The van der Waals surface area contributed by atoms with Crippen LogP contribution in [-0.4, -0.2) is 68.4 Å². The van der Waals surface area contributed by atoms with Crippen LogP contribution >= 0.6 is 0 Å². The number of likely N-dealkylation sites (tertiary alicyclic amines) is 1. The molecule has 6 nitrogen and oxygen atoms in total. The van der Waals surface area contributed by atoms with Gasteiger partial charge in [0.1, 0.15) is 6.26 Å². The lowest BCUT2D eigenvalue weighted by Gasteiger charge is -2.24. The molecule has 1 amide bonds. The van der Waals surface area contributed by atoms with Crippen LogP contribution in [0.5, 0.6) is 0 Å². The molecule has 7 heteroatoms. The number of hydrogen-bond donors (Lipinski definition) is 0. The highest BCUT2D eigenvalue weighted by Crippen LogP contribution is 2.36. The van der Waals surface area contributed by atoms with Crippen molar-refractivity contribution in [2.45, 2.75) is 11.3 Å². The predicted molar refractivity (Wildman–Crippen MR) is 73.2 cm³/mol. The summed E-state index contributed by atoms with van der Waals surface area (Å²) >= 11 is 0. The quantitative estimate of drug-likeness (QED) is 0.773. The van der Waals surface area contributed by atoms with E-state index in [1.165, 1.54) is 12.5 Å². The van der Waals surface area contributed by atoms with Crippen LogP contribution in [-0.2, 0) is 9.84 Å². The minimum absolute atomic E-state index is 0.00542. The lowest BCUT2D eigenvalue weighted by Crippen LogP contribution is -2.38. The van der Waals surface area contributed by atoms with Gasteiger partial charge in [-0.2, -0.15) is 0 Å². The van der Waals surface area contributed by atoms with Gasteiger partial charge in [0.15, 0.2) is 9.84 Å². The highest BCUT2D eigenvalue weighted by atomic mass is 32.2. The van der Waals surface area contributed by atoms with Crippen LogP contribution in [0.2, 0.25) is 0 Å². The Morgan fingerprint density at radius 1 is 1.40 bits per heavy atom. The smallest absolute Gasteiger partial charge is 0.257 e. The summed E-state index contributed by atoms with van der Waals surface area (Å²) in [6.45, 7) is 0.790. The number of sulfone groups is 1. The van der Waals surface area contributed by atoms with Crippen molar-refractivity contribution in [3.8, 4) is 0 Å². The number of nitrogens with zero attached hydrogens (tertiary/aromatic N) is 2. The van der Waals surface area contributed by atoms with Crippen LogP contribution in [0.3, 0.4) is 0 Å². The highest BCUT2D eigenvalue weighted by molar-refractivity contribution is 7.92. The maximum absolute atomic E-state index is 12.3. The third kappa shape index (κ3) is 2.05. The molecule has 0 aromatic carbocycles. The number of amides is 1. The van der Waals surface area contributed by atoms with Crippen LogP contribution in [0.15, 0.2) is 23.0 Å². The first-order chi connectivity index (χ1) is 9.40. The van der Waals surface area contributed by atoms with Gasteiger partial charge in [-0.1, -0.05) is 0 Å². The lowest BCUT2D eigenvalue weighted by atomic mass is 10.00. The van der Waals surface area contributed by atoms with E-state index in [4.69, 9.17) is 4.42 Å². The zero-order chi connectivity index (χ0) is 14.5. The number of furan rings is 1. The van der Waals surface area contributed by atoms with Gasteiger partial charge >= 0.3 is 0 Å². The molecule has 0 N–H and O–H groups in total. The molecule has 2 aliphatic rings. The van der Waals surface area contributed by atoms with E-state index in [9.17, 15) is 13.2 Å². The molecule has 0 aliphatic carbocycles. The van der Waals surface area contributed by atoms with Crippen LogP contribution in [0.1, 0.15) is 10.4 Å². The average Bonchev–Trinajstić information content (AvgIpc) is 3.06. The summed E-state index contributed by atoms with van der Waals surface area (Å²) in [5.41, 5.74) is 0.476. The minimum atomic E-state index is -3.11. The van der Waals surface area contributed by atoms with E-state index in [0.29, 0.717) is 18.7 Å². The van der Waals surface area contributed by atoms with E-state index >= 15 is 0 Å². The molecule has 3 rings (SSSR count). The van der Waals surface area contributed by atoms with Crippen LogP contribution in [0, 0.1) is 5.92 Å². The first-order valence-corrected chi connectivity index (χ1v) is 8.31. The molecule has 0 radical (unpaired) electrons. The third-order valence-corrected chi connectivity index (χ3v) is 6.61. The Kier molecular flexibility index (Phi) is 3.13. The summed E-state index contributed by atoms with van der Waals surface area (Å²) in [4.78, 5) is 15.9. The molecule has 3 heterocycles. The molecule has 0 unspecified atom stereocenters. The van der Waals surface area contributed by atoms with Gasteiger partial charge in [0, 0.05) is 25.0 Å². The van der Waals surface area contributed by atoms with Gasteiger partial charge in [-0.3, -0.25) is 4.79 Å². The highest BCUT2D eigenvalue weighted by Gasteiger charge is 2.53. The second kappa shape index (κ2) is 4.60.